The van der Waals surface area contributed by atoms with Gasteiger partial charge in [-0.1, -0.05) is 16.9 Å². The number of hydrogen-bond donors (Lipinski definition) is 2. The monoisotopic (exact) mass is 263 g/mol. The third kappa shape index (κ3) is 2.45. The molecule has 2 rings (SSSR count). The Morgan fingerprint density at radius 2 is 2.33 bits per heavy atom. The summed E-state index contributed by atoms with van der Waals surface area (Å²) in [6, 6.07) is 3.67. The molecule has 2 aromatic heterocycles. The molecule has 0 aliphatic carbocycles. The number of pyridine rings is 1. The molecule has 2 heterocycles. The van der Waals surface area contributed by atoms with Crippen LogP contribution in [0.3, 0.4) is 0 Å². The Bertz CT molecular complexity index is 593. The smallest absolute Gasteiger partial charge is 0.171 e. The number of oxime groups is 1. The largest absolute Gasteiger partial charge is 0.409 e. The van der Waals surface area contributed by atoms with Gasteiger partial charge in [0.2, 0.25) is 0 Å². The molecular formula is C11H13N5OS. The van der Waals surface area contributed by atoms with Crippen LogP contribution in [0.2, 0.25) is 0 Å². The Kier molecular flexibility index (Phi) is 3.52. The van der Waals surface area contributed by atoms with Crippen molar-refractivity contribution in [1.82, 2.24) is 14.8 Å². The van der Waals surface area contributed by atoms with Gasteiger partial charge in [-0.3, -0.25) is 9.67 Å². The van der Waals surface area contributed by atoms with Gasteiger partial charge in [-0.2, -0.15) is 5.10 Å². The Hall–Kier alpha value is -2.02. The van der Waals surface area contributed by atoms with Crippen LogP contribution in [-0.2, 0) is 7.05 Å². The Balaban J connectivity index is 2.38. The lowest BCUT2D eigenvalue weighted by atomic mass is 10.2. The van der Waals surface area contributed by atoms with Crippen molar-refractivity contribution in [3.05, 3.63) is 35.8 Å². The molecule has 6 nitrogen and oxygen atoms in total. The van der Waals surface area contributed by atoms with Crippen molar-refractivity contribution in [3.8, 4) is 0 Å². The van der Waals surface area contributed by atoms with Crippen LogP contribution >= 0.6 is 11.8 Å². The molecule has 0 saturated carbocycles. The van der Waals surface area contributed by atoms with Crippen molar-refractivity contribution < 1.29 is 5.21 Å². The first kappa shape index (κ1) is 12.4. The van der Waals surface area contributed by atoms with Gasteiger partial charge in [0.05, 0.1) is 10.7 Å². The number of rotatable bonds is 3. The number of aryl methyl sites for hydroxylation is 2. The summed E-state index contributed by atoms with van der Waals surface area (Å²) in [6.07, 6.45) is 3.28. The van der Waals surface area contributed by atoms with E-state index in [-0.39, 0.29) is 5.84 Å². The average Bonchev–Trinajstić information content (AvgIpc) is 2.67. The maximum Gasteiger partial charge on any atom is 0.171 e. The first-order valence-electron chi connectivity index (χ1n) is 5.22. The van der Waals surface area contributed by atoms with Crippen LogP contribution in [0.4, 0.5) is 0 Å². The van der Waals surface area contributed by atoms with E-state index < -0.39 is 0 Å². The third-order valence-electron chi connectivity index (χ3n) is 2.34. The molecule has 7 heteroatoms. The number of nitrogens with zero attached hydrogens (tertiary/aromatic N) is 4. The fourth-order valence-electron chi connectivity index (χ4n) is 1.52. The molecule has 0 saturated heterocycles. The number of hydrogen-bond acceptors (Lipinski definition) is 5. The van der Waals surface area contributed by atoms with E-state index in [0.717, 1.165) is 15.6 Å². The molecule has 0 unspecified atom stereocenters. The molecule has 18 heavy (non-hydrogen) atoms. The van der Waals surface area contributed by atoms with E-state index in [9.17, 15) is 0 Å². The summed E-state index contributed by atoms with van der Waals surface area (Å²) in [5, 5.41) is 17.0. The summed E-state index contributed by atoms with van der Waals surface area (Å²) in [6.45, 7) is 1.93. The summed E-state index contributed by atoms with van der Waals surface area (Å²) in [5.74, 6) is 0.0683. The van der Waals surface area contributed by atoms with Crippen LogP contribution in [0.1, 0.15) is 11.3 Å². The predicted octanol–water partition coefficient (Wildman–Crippen LogP) is 1.37. The molecule has 0 atom stereocenters. The van der Waals surface area contributed by atoms with E-state index in [1.54, 1.807) is 23.1 Å². The van der Waals surface area contributed by atoms with Crippen LogP contribution in [0, 0.1) is 6.92 Å². The number of amidine groups is 1. The van der Waals surface area contributed by atoms with Crippen LogP contribution in [0.25, 0.3) is 0 Å². The second-order valence-corrected chi connectivity index (χ2v) is 4.77. The molecule has 0 radical (unpaired) electrons. The maximum atomic E-state index is 8.75. The van der Waals surface area contributed by atoms with Gasteiger partial charge < -0.3 is 10.9 Å². The van der Waals surface area contributed by atoms with Crippen molar-refractivity contribution >= 4 is 17.6 Å². The van der Waals surface area contributed by atoms with Gasteiger partial charge in [-0.15, -0.1) is 0 Å². The Morgan fingerprint density at radius 3 is 2.94 bits per heavy atom. The van der Waals surface area contributed by atoms with Crippen molar-refractivity contribution in [2.24, 2.45) is 17.9 Å². The Labute approximate surface area is 109 Å². The van der Waals surface area contributed by atoms with Crippen molar-refractivity contribution in [2.75, 3.05) is 0 Å². The molecule has 0 amide bonds. The molecule has 0 bridgehead atoms. The standard InChI is InChI=1S/C11H13N5OS/c1-7-5-10(16(2)14-7)18-9-6-13-4-3-8(9)11(12)15-17/h3-6,17H,1-2H3,(H2,12,15). The van der Waals surface area contributed by atoms with E-state index in [1.165, 1.54) is 11.8 Å². The van der Waals surface area contributed by atoms with Crippen molar-refractivity contribution in [1.29, 1.82) is 0 Å². The second kappa shape index (κ2) is 5.09. The SMILES string of the molecule is Cc1cc(Sc2cnccc2/C(N)=N/O)n(C)n1. The zero-order valence-corrected chi connectivity index (χ0v) is 10.8. The second-order valence-electron chi connectivity index (χ2n) is 3.71. The van der Waals surface area contributed by atoms with Gasteiger partial charge >= 0.3 is 0 Å². The highest BCUT2D eigenvalue weighted by atomic mass is 32.2. The normalized spacial score (nSPS) is 11.8. The zero-order valence-electron chi connectivity index (χ0n) is 10.0. The van der Waals surface area contributed by atoms with Gasteiger partial charge in [0, 0.05) is 29.9 Å². The minimum Gasteiger partial charge on any atom is -0.409 e. The maximum absolute atomic E-state index is 8.75. The molecule has 0 aliphatic rings. The summed E-state index contributed by atoms with van der Waals surface area (Å²) in [7, 11) is 1.87. The lowest BCUT2D eigenvalue weighted by Crippen LogP contribution is -2.14. The van der Waals surface area contributed by atoms with Crippen molar-refractivity contribution in [3.63, 3.8) is 0 Å². The summed E-state index contributed by atoms with van der Waals surface area (Å²) in [5.41, 5.74) is 7.22. The molecule has 2 aromatic rings. The van der Waals surface area contributed by atoms with Crippen LogP contribution < -0.4 is 5.73 Å². The lowest BCUT2D eigenvalue weighted by molar-refractivity contribution is 0.318. The van der Waals surface area contributed by atoms with E-state index in [4.69, 9.17) is 10.9 Å². The van der Waals surface area contributed by atoms with Gasteiger partial charge in [-0.25, -0.2) is 0 Å². The Morgan fingerprint density at radius 1 is 1.56 bits per heavy atom. The molecule has 3 N–H and O–H groups in total. The van der Waals surface area contributed by atoms with E-state index >= 15 is 0 Å². The fraction of sp³-hybridized carbons (Fsp3) is 0.182. The summed E-state index contributed by atoms with van der Waals surface area (Å²) < 4.78 is 1.78. The van der Waals surface area contributed by atoms with Crippen molar-refractivity contribution in [2.45, 2.75) is 16.8 Å². The third-order valence-corrected chi connectivity index (χ3v) is 3.48. The average molecular weight is 263 g/mol. The zero-order chi connectivity index (χ0) is 13.1. The topological polar surface area (TPSA) is 89.3 Å². The lowest BCUT2D eigenvalue weighted by Gasteiger charge is -2.06. The molecule has 0 aliphatic heterocycles. The highest BCUT2D eigenvalue weighted by molar-refractivity contribution is 7.99. The van der Waals surface area contributed by atoms with Crippen LogP contribution in [0.5, 0.6) is 0 Å². The predicted molar refractivity (Wildman–Crippen MR) is 68.8 cm³/mol. The fourth-order valence-corrected chi connectivity index (χ4v) is 2.55. The van der Waals surface area contributed by atoms with Gasteiger partial charge in [-0.05, 0) is 19.1 Å². The first-order valence-corrected chi connectivity index (χ1v) is 6.04. The van der Waals surface area contributed by atoms with Gasteiger partial charge in [0.15, 0.2) is 5.84 Å². The number of nitrogens with two attached hydrogens (primary N) is 1. The minimum absolute atomic E-state index is 0.0683. The van der Waals surface area contributed by atoms with E-state index in [2.05, 4.69) is 15.2 Å². The first-order chi connectivity index (χ1) is 8.61. The highest BCUT2D eigenvalue weighted by Gasteiger charge is 2.11. The quantitative estimate of drug-likeness (QED) is 0.378. The molecule has 0 aromatic carbocycles. The van der Waals surface area contributed by atoms with Crippen LogP contribution in [-0.4, -0.2) is 25.8 Å². The highest BCUT2D eigenvalue weighted by Crippen LogP contribution is 2.29. The van der Waals surface area contributed by atoms with E-state index in [1.807, 2.05) is 20.0 Å². The number of aromatic nitrogens is 3. The molecular weight excluding hydrogens is 250 g/mol. The van der Waals surface area contributed by atoms with Gasteiger partial charge in [0.25, 0.3) is 0 Å². The minimum atomic E-state index is 0.0683. The van der Waals surface area contributed by atoms with Crippen LogP contribution in [0.15, 0.2) is 39.6 Å². The molecule has 0 fully saturated rings. The summed E-state index contributed by atoms with van der Waals surface area (Å²) in [4.78, 5) is 4.87. The molecule has 94 valence electrons. The summed E-state index contributed by atoms with van der Waals surface area (Å²) >= 11 is 1.47. The van der Waals surface area contributed by atoms with Gasteiger partial charge in [0.1, 0.15) is 0 Å². The van der Waals surface area contributed by atoms with E-state index in [0.29, 0.717) is 5.56 Å². The molecule has 0 spiro atoms.